The number of aliphatic hydroxyl groups excluding tert-OH is 9. The Morgan fingerprint density at radius 2 is 1.39 bits per heavy atom. The number of ketones is 1. The van der Waals surface area contributed by atoms with Crippen LogP contribution in [0.3, 0.4) is 0 Å². The maximum atomic E-state index is 13.9. The molecular weight excluding hydrogens is 877 g/mol. The Bertz CT molecular complexity index is 1880. The Labute approximate surface area is 393 Å². The summed E-state index contributed by atoms with van der Waals surface area (Å²) in [6, 6.07) is 0. The zero-order valence-electron chi connectivity index (χ0n) is 40.5. The number of aliphatic hydroxyl groups is 9. The lowest BCUT2D eigenvalue weighted by Gasteiger charge is -2.72. The van der Waals surface area contributed by atoms with Gasteiger partial charge in [-0.25, -0.2) is 4.79 Å². The first-order valence-electron chi connectivity index (χ1n) is 24.5. The Kier molecular flexibility index (Phi) is 13.9. The second-order valence-electron chi connectivity index (χ2n) is 23.7. The number of Topliss-reactive ketones (excluding diaryl/α,β-unsaturated/α-hetero) is 1. The summed E-state index contributed by atoms with van der Waals surface area (Å²) in [6.45, 7) is 16.5. The lowest BCUT2D eigenvalue weighted by atomic mass is 9.32. The molecule has 0 spiro atoms. The van der Waals surface area contributed by atoms with Gasteiger partial charge < -0.3 is 79.1 Å². The molecule has 0 aromatic carbocycles. The molecule has 7 fully saturated rings. The van der Waals surface area contributed by atoms with Gasteiger partial charge in [-0.05, 0) is 103 Å². The molecule has 4 saturated carbocycles. The van der Waals surface area contributed by atoms with Gasteiger partial charge >= 0.3 is 5.97 Å². The average Bonchev–Trinajstić information content (AvgIpc) is 3.27. The van der Waals surface area contributed by atoms with Gasteiger partial charge in [0.1, 0.15) is 66.8 Å². The monoisotopic (exact) mass is 955 g/mol. The van der Waals surface area contributed by atoms with Crippen molar-refractivity contribution in [1.29, 1.82) is 0 Å². The van der Waals surface area contributed by atoms with Crippen molar-refractivity contribution < 1.29 is 88.7 Å². The number of allylic oxidation sites excluding steroid dienone is 2. The van der Waals surface area contributed by atoms with Crippen molar-refractivity contribution in [1.82, 2.24) is 0 Å². The highest BCUT2D eigenvalue weighted by molar-refractivity contribution is 5.87. The van der Waals surface area contributed by atoms with Crippen LogP contribution in [0.5, 0.6) is 0 Å². The minimum atomic E-state index is -1.92. The van der Waals surface area contributed by atoms with E-state index >= 15 is 0 Å². The van der Waals surface area contributed by atoms with E-state index < -0.39 is 122 Å². The van der Waals surface area contributed by atoms with Crippen molar-refractivity contribution in [2.45, 2.75) is 211 Å². The molecule has 8 rings (SSSR count). The molecule has 0 unspecified atom stereocenters. The maximum Gasteiger partial charge on any atom is 0.337 e. The Morgan fingerprint density at radius 3 is 2.03 bits per heavy atom. The van der Waals surface area contributed by atoms with Crippen molar-refractivity contribution in [3.63, 3.8) is 0 Å². The zero-order valence-corrected chi connectivity index (χ0v) is 40.5. The van der Waals surface area contributed by atoms with Crippen LogP contribution in [0.4, 0.5) is 0 Å². The van der Waals surface area contributed by atoms with Crippen LogP contribution < -0.4 is 0 Å². The molecule has 3 aliphatic heterocycles. The fourth-order valence-electron chi connectivity index (χ4n) is 15.1. The number of ether oxygens (including phenoxy) is 7. The minimum absolute atomic E-state index is 0.0705. The van der Waals surface area contributed by atoms with Gasteiger partial charge in [-0.3, -0.25) is 4.79 Å². The van der Waals surface area contributed by atoms with E-state index in [9.17, 15) is 55.5 Å². The second-order valence-corrected chi connectivity index (χ2v) is 23.7. The average molecular weight is 955 g/mol. The predicted molar refractivity (Wildman–Crippen MR) is 234 cm³/mol. The number of fused-ring (bicyclic) bond motifs is 7. The first kappa shape index (κ1) is 51.6. The zero-order chi connectivity index (χ0) is 49.1. The molecule has 0 radical (unpaired) electrons. The van der Waals surface area contributed by atoms with Gasteiger partial charge in [0.25, 0.3) is 0 Å². The second kappa shape index (κ2) is 18.1. The molecule has 0 aromatic rings. The normalized spacial score (nSPS) is 54.1. The van der Waals surface area contributed by atoms with Crippen LogP contribution in [0.25, 0.3) is 0 Å². The van der Waals surface area contributed by atoms with E-state index in [1.165, 1.54) is 12.5 Å². The van der Waals surface area contributed by atoms with Crippen LogP contribution in [-0.2, 0) is 42.7 Å². The van der Waals surface area contributed by atoms with Gasteiger partial charge in [0.15, 0.2) is 25.0 Å². The van der Waals surface area contributed by atoms with Crippen molar-refractivity contribution in [2.24, 2.45) is 50.2 Å². The lowest BCUT2D eigenvalue weighted by Crippen LogP contribution is -2.68. The van der Waals surface area contributed by atoms with Gasteiger partial charge in [-0.2, -0.15) is 0 Å². The van der Waals surface area contributed by atoms with Crippen LogP contribution in [0, 0.1) is 50.2 Å². The van der Waals surface area contributed by atoms with Gasteiger partial charge in [0.2, 0.25) is 0 Å². The first-order valence-corrected chi connectivity index (χ1v) is 24.5. The maximum absolute atomic E-state index is 13.9. The molecule has 18 heteroatoms. The molecule has 0 aromatic heterocycles. The fraction of sp³-hybridized carbons (Fsp3) is 0.918. The van der Waals surface area contributed by atoms with E-state index in [1.54, 1.807) is 0 Å². The highest BCUT2D eigenvalue weighted by Crippen LogP contribution is 2.76. The van der Waals surface area contributed by atoms with Crippen molar-refractivity contribution in [2.75, 3.05) is 20.3 Å². The quantitative estimate of drug-likeness (QED) is 0.0886. The number of carbonyl (C=O) groups is 2. The standard InChI is InChI=1S/C49H78O18/c1-22-30(53)32(55)36(59)41(62-22)66-38-33(56)31(54)26(19-50)64-43(38)67-39-35(58)34(57)37(40(60)61-9)65-42(39)63-23-12-13-47(6)27-11-10-24-25-17-44(2,3)18-29(52)46(25,5)14-15-48(24,7)49(27,8)20-45(4,21-51)28(47)16-23/h10,22-23,25-28,30-39,41-43,50-51,53-59H,11-21H2,1-9H3/t22-,23-,25-,26+,27+,28+,30-,31-,32+,33-,34-,35-,36+,37-,38+,39+,41-,42+,43-,45-,46+,47+,48+,49+/m0/s1. The van der Waals surface area contributed by atoms with E-state index in [-0.39, 0.29) is 46.0 Å². The first-order chi connectivity index (χ1) is 31.2. The summed E-state index contributed by atoms with van der Waals surface area (Å²) in [6.07, 6.45) is -16.9. The van der Waals surface area contributed by atoms with Crippen molar-refractivity contribution >= 4 is 11.8 Å². The molecule has 24 atom stereocenters. The highest BCUT2D eigenvalue weighted by atomic mass is 16.8. The summed E-state index contributed by atoms with van der Waals surface area (Å²) in [7, 11) is 1.10. The molecule has 3 saturated heterocycles. The van der Waals surface area contributed by atoms with Crippen LogP contribution in [0.1, 0.15) is 113 Å². The molecule has 18 nitrogen and oxygen atoms in total. The summed E-state index contributed by atoms with van der Waals surface area (Å²) >= 11 is 0. The van der Waals surface area contributed by atoms with Gasteiger partial charge in [0.05, 0.1) is 25.9 Å². The van der Waals surface area contributed by atoms with E-state index in [0.717, 1.165) is 39.2 Å². The summed E-state index contributed by atoms with van der Waals surface area (Å²) in [4.78, 5) is 26.9. The number of esters is 1. The third kappa shape index (κ3) is 8.21. The number of hydrogen-bond acceptors (Lipinski definition) is 18. The smallest absolute Gasteiger partial charge is 0.337 e. The largest absolute Gasteiger partial charge is 0.467 e. The third-order valence-corrected chi connectivity index (χ3v) is 19.2. The molecule has 382 valence electrons. The Hall–Kier alpha value is -1.72. The summed E-state index contributed by atoms with van der Waals surface area (Å²) in [5.41, 5.74) is -0.328. The molecular formula is C49H78O18. The lowest BCUT2D eigenvalue weighted by molar-refractivity contribution is -0.393. The third-order valence-electron chi connectivity index (χ3n) is 19.2. The van der Waals surface area contributed by atoms with Crippen LogP contribution in [-0.4, -0.2) is 176 Å². The Morgan fingerprint density at radius 1 is 0.746 bits per heavy atom. The van der Waals surface area contributed by atoms with E-state index in [1.807, 2.05) is 0 Å². The minimum Gasteiger partial charge on any atom is -0.467 e. The molecule has 0 bridgehead atoms. The number of rotatable bonds is 9. The Balaban J connectivity index is 1.08. The van der Waals surface area contributed by atoms with E-state index in [2.05, 4.69) is 54.5 Å². The topological polar surface area (TPSA) is 281 Å². The van der Waals surface area contributed by atoms with E-state index in [4.69, 9.17) is 33.2 Å². The van der Waals surface area contributed by atoms with Gasteiger partial charge in [0, 0.05) is 18.4 Å². The summed E-state index contributed by atoms with van der Waals surface area (Å²) < 4.78 is 41.4. The number of methoxy groups -OCH3 is 1. The molecule has 8 aliphatic rings. The van der Waals surface area contributed by atoms with Crippen molar-refractivity contribution in [3.05, 3.63) is 11.6 Å². The summed E-state index contributed by atoms with van der Waals surface area (Å²) in [5.74, 6) is -0.309. The van der Waals surface area contributed by atoms with Crippen LogP contribution in [0.2, 0.25) is 0 Å². The molecule has 9 N–H and O–H groups in total. The number of carbonyl (C=O) groups excluding carboxylic acids is 2. The molecule has 3 heterocycles. The van der Waals surface area contributed by atoms with Crippen molar-refractivity contribution in [3.8, 4) is 0 Å². The summed E-state index contributed by atoms with van der Waals surface area (Å²) in [5, 5.41) is 98.5. The molecule has 67 heavy (non-hydrogen) atoms. The number of hydrogen-bond donors (Lipinski definition) is 9. The van der Waals surface area contributed by atoms with Crippen LogP contribution >= 0.6 is 0 Å². The molecule has 5 aliphatic carbocycles. The van der Waals surface area contributed by atoms with E-state index in [0.29, 0.717) is 31.5 Å². The van der Waals surface area contributed by atoms with Crippen LogP contribution in [0.15, 0.2) is 11.6 Å². The predicted octanol–water partition coefficient (Wildman–Crippen LogP) is 1.00. The highest BCUT2D eigenvalue weighted by Gasteiger charge is 2.71. The SMILES string of the molecule is COC(=O)[C@H]1O[C@@H](O[C@H]2CC[C@@]3(C)[C@H](C2)[C@](C)(CO)C[C@]2(C)[C@@H]3CC=C3[C@@H]4CC(C)(C)CC(=O)[C@]4(C)CC[C@]32C)[C@H](O[C@@H]2O[C@H](CO)[C@H](O)[C@H](O)[C@H]2O[C@@H]2O[C@@H](C)[C@H](O)[C@@H](O)[C@H]2O)[C@@H](O)[C@@H]1O. The molecule has 0 amide bonds. The fourth-order valence-corrected chi connectivity index (χ4v) is 15.1. The van der Waals surface area contributed by atoms with Gasteiger partial charge in [-0.1, -0.05) is 60.1 Å². The van der Waals surface area contributed by atoms with Gasteiger partial charge in [-0.15, -0.1) is 0 Å².